The Balaban J connectivity index is 1.56. The number of aliphatic carboxylic acids is 1. The number of nitrogens with one attached hydrogen (secondary N) is 1. The van der Waals surface area contributed by atoms with E-state index in [-0.39, 0.29) is 36.0 Å². The second kappa shape index (κ2) is 7.49. The number of carbonyl (C=O) groups is 3. The Morgan fingerprint density at radius 3 is 2.58 bits per heavy atom. The molecule has 0 saturated carbocycles. The Kier molecular flexibility index (Phi) is 5.31. The molecule has 0 spiro atoms. The van der Waals surface area contributed by atoms with Gasteiger partial charge in [0, 0.05) is 31.7 Å². The number of halogens is 2. The van der Waals surface area contributed by atoms with Gasteiger partial charge in [0.1, 0.15) is 5.82 Å². The average molecular weight is 384 g/mol. The molecule has 2 fully saturated rings. The number of hydrogen-bond acceptors (Lipinski definition) is 3. The summed E-state index contributed by atoms with van der Waals surface area (Å²) in [6.07, 6.45) is 0.965. The second-order valence-corrected chi connectivity index (χ2v) is 6.96. The zero-order valence-electron chi connectivity index (χ0n) is 14.0. The van der Waals surface area contributed by atoms with Crippen LogP contribution in [0.4, 0.5) is 14.9 Å². The number of hydrogen-bond donors (Lipinski definition) is 2. The van der Waals surface area contributed by atoms with Gasteiger partial charge in [-0.2, -0.15) is 0 Å². The van der Waals surface area contributed by atoms with Gasteiger partial charge >= 0.3 is 12.0 Å². The zero-order valence-corrected chi connectivity index (χ0v) is 14.7. The normalized spacial score (nSPS) is 21.2. The van der Waals surface area contributed by atoms with Gasteiger partial charge in [-0.15, -0.1) is 0 Å². The number of urea groups is 1. The van der Waals surface area contributed by atoms with Crippen LogP contribution >= 0.6 is 11.6 Å². The van der Waals surface area contributed by atoms with Crippen molar-refractivity contribution < 1.29 is 23.9 Å². The molecule has 0 bridgehead atoms. The molecule has 0 radical (unpaired) electrons. The number of carbonyl (C=O) groups excluding carboxylic acids is 2. The van der Waals surface area contributed by atoms with Gasteiger partial charge in [-0.05, 0) is 31.0 Å². The molecule has 0 aliphatic carbocycles. The van der Waals surface area contributed by atoms with Gasteiger partial charge in [0.15, 0.2) is 0 Å². The van der Waals surface area contributed by atoms with Crippen molar-refractivity contribution in [2.75, 3.05) is 24.5 Å². The van der Waals surface area contributed by atoms with Crippen LogP contribution in [0.25, 0.3) is 0 Å². The van der Waals surface area contributed by atoms with Crippen LogP contribution in [0.5, 0.6) is 0 Å². The van der Waals surface area contributed by atoms with Gasteiger partial charge in [0.25, 0.3) is 0 Å². The van der Waals surface area contributed by atoms with Gasteiger partial charge < -0.3 is 20.2 Å². The van der Waals surface area contributed by atoms with Crippen molar-refractivity contribution in [2.24, 2.45) is 5.92 Å². The van der Waals surface area contributed by atoms with Crippen molar-refractivity contribution in [3.05, 3.63) is 29.0 Å². The van der Waals surface area contributed by atoms with E-state index in [4.69, 9.17) is 16.7 Å². The van der Waals surface area contributed by atoms with E-state index in [9.17, 15) is 18.8 Å². The molecule has 1 aromatic carbocycles. The number of amides is 3. The maximum Gasteiger partial charge on any atom is 0.317 e. The quantitative estimate of drug-likeness (QED) is 0.836. The lowest BCUT2D eigenvalue weighted by molar-refractivity contribution is -0.143. The molecule has 2 saturated heterocycles. The van der Waals surface area contributed by atoms with Crippen LogP contribution in [0.3, 0.4) is 0 Å². The van der Waals surface area contributed by atoms with Gasteiger partial charge in [-0.3, -0.25) is 9.59 Å². The molecule has 2 N–H and O–H groups in total. The number of likely N-dealkylation sites (tertiary alicyclic amines) is 1. The summed E-state index contributed by atoms with van der Waals surface area (Å²) in [6.45, 7) is 0.988. The van der Waals surface area contributed by atoms with Crippen LogP contribution in [0.15, 0.2) is 18.2 Å². The van der Waals surface area contributed by atoms with E-state index in [0.717, 1.165) is 0 Å². The number of benzene rings is 1. The molecule has 3 rings (SSSR count). The molecular formula is C17H19ClFN3O4. The van der Waals surface area contributed by atoms with Crippen LogP contribution in [-0.2, 0) is 9.59 Å². The van der Waals surface area contributed by atoms with Gasteiger partial charge in [0.2, 0.25) is 5.91 Å². The SMILES string of the molecule is O=C(O)C1CCN(C(=O)NC2CC(=O)N(c3ccc(Cl)c(F)c3)C2)CC1. The third-order valence-corrected chi connectivity index (χ3v) is 5.11. The Hall–Kier alpha value is -2.35. The summed E-state index contributed by atoms with van der Waals surface area (Å²) in [5.74, 6) is -2.06. The highest BCUT2D eigenvalue weighted by atomic mass is 35.5. The van der Waals surface area contributed by atoms with Crippen LogP contribution in [0, 0.1) is 11.7 Å². The van der Waals surface area contributed by atoms with Crippen molar-refractivity contribution in [3.8, 4) is 0 Å². The van der Waals surface area contributed by atoms with Crippen LogP contribution in [0.1, 0.15) is 19.3 Å². The van der Waals surface area contributed by atoms with Crippen LogP contribution < -0.4 is 10.2 Å². The average Bonchev–Trinajstić information content (AvgIpc) is 2.97. The van der Waals surface area contributed by atoms with E-state index in [1.54, 1.807) is 11.0 Å². The van der Waals surface area contributed by atoms with Crippen LogP contribution in [-0.4, -0.2) is 53.6 Å². The predicted octanol–water partition coefficient (Wildman–Crippen LogP) is 2.09. The molecule has 9 heteroatoms. The minimum Gasteiger partial charge on any atom is -0.481 e. The molecule has 0 aromatic heterocycles. The highest BCUT2D eigenvalue weighted by Gasteiger charge is 2.34. The first kappa shape index (κ1) is 18.4. The van der Waals surface area contributed by atoms with Crippen molar-refractivity contribution in [2.45, 2.75) is 25.3 Å². The molecule has 140 valence electrons. The molecule has 3 amide bonds. The lowest BCUT2D eigenvalue weighted by Crippen LogP contribution is -2.49. The van der Waals surface area contributed by atoms with Crippen molar-refractivity contribution in [1.82, 2.24) is 10.2 Å². The van der Waals surface area contributed by atoms with E-state index in [2.05, 4.69) is 5.32 Å². The monoisotopic (exact) mass is 383 g/mol. The molecule has 2 aliphatic heterocycles. The van der Waals surface area contributed by atoms with Crippen molar-refractivity contribution in [1.29, 1.82) is 0 Å². The molecule has 7 nitrogen and oxygen atoms in total. The molecule has 2 heterocycles. The highest BCUT2D eigenvalue weighted by molar-refractivity contribution is 6.30. The number of carboxylic acid groups (broad SMARTS) is 1. The molecule has 1 aromatic rings. The lowest BCUT2D eigenvalue weighted by Gasteiger charge is -2.31. The summed E-state index contributed by atoms with van der Waals surface area (Å²) in [5.41, 5.74) is 0.399. The number of anilines is 1. The largest absolute Gasteiger partial charge is 0.481 e. The molecule has 1 atom stereocenters. The zero-order chi connectivity index (χ0) is 18.8. The number of carboxylic acids is 1. The topological polar surface area (TPSA) is 90.0 Å². The second-order valence-electron chi connectivity index (χ2n) is 6.55. The molecule has 26 heavy (non-hydrogen) atoms. The Labute approximate surface area is 154 Å². The van der Waals surface area contributed by atoms with Gasteiger partial charge in [0.05, 0.1) is 17.0 Å². The summed E-state index contributed by atoms with van der Waals surface area (Å²) in [4.78, 5) is 38.5. The first-order chi connectivity index (χ1) is 12.3. The first-order valence-electron chi connectivity index (χ1n) is 8.39. The fraction of sp³-hybridized carbons (Fsp3) is 0.471. The smallest absolute Gasteiger partial charge is 0.317 e. The third-order valence-electron chi connectivity index (χ3n) is 4.80. The lowest BCUT2D eigenvalue weighted by atomic mass is 9.97. The summed E-state index contributed by atoms with van der Waals surface area (Å²) < 4.78 is 13.6. The van der Waals surface area contributed by atoms with Gasteiger partial charge in [-0.1, -0.05) is 11.6 Å². The number of piperidine rings is 1. The van der Waals surface area contributed by atoms with E-state index >= 15 is 0 Å². The molecule has 2 aliphatic rings. The molecular weight excluding hydrogens is 365 g/mol. The maximum atomic E-state index is 13.6. The first-order valence-corrected chi connectivity index (χ1v) is 8.76. The van der Waals surface area contributed by atoms with E-state index < -0.39 is 17.7 Å². The summed E-state index contributed by atoms with van der Waals surface area (Å²) >= 11 is 5.66. The highest BCUT2D eigenvalue weighted by Crippen LogP contribution is 2.26. The molecule has 1 unspecified atom stereocenters. The van der Waals surface area contributed by atoms with Crippen molar-refractivity contribution >= 4 is 35.2 Å². The third kappa shape index (κ3) is 3.90. The van der Waals surface area contributed by atoms with Crippen molar-refractivity contribution in [3.63, 3.8) is 0 Å². The number of rotatable bonds is 3. The fourth-order valence-electron chi connectivity index (χ4n) is 3.30. The summed E-state index contributed by atoms with van der Waals surface area (Å²) in [7, 11) is 0. The Bertz CT molecular complexity index is 737. The summed E-state index contributed by atoms with van der Waals surface area (Å²) in [5, 5.41) is 11.8. The van der Waals surface area contributed by atoms with E-state index in [0.29, 0.717) is 31.6 Å². The van der Waals surface area contributed by atoms with E-state index in [1.807, 2.05) is 0 Å². The number of nitrogens with zero attached hydrogens (tertiary/aromatic N) is 2. The minimum atomic E-state index is -0.836. The van der Waals surface area contributed by atoms with Gasteiger partial charge in [-0.25, -0.2) is 9.18 Å². The maximum absolute atomic E-state index is 13.6. The predicted molar refractivity (Wildman–Crippen MR) is 92.6 cm³/mol. The fourth-order valence-corrected chi connectivity index (χ4v) is 3.42. The van der Waals surface area contributed by atoms with Crippen LogP contribution in [0.2, 0.25) is 5.02 Å². The summed E-state index contributed by atoms with van der Waals surface area (Å²) in [6, 6.07) is 3.45. The Morgan fingerprint density at radius 1 is 1.27 bits per heavy atom. The van der Waals surface area contributed by atoms with E-state index in [1.165, 1.54) is 17.0 Å². The Morgan fingerprint density at radius 2 is 1.96 bits per heavy atom. The standard InChI is InChI=1S/C17H19ClFN3O4/c18-13-2-1-12(8-14(13)19)22-9-11(7-15(22)23)20-17(26)21-5-3-10(4-6-21)16(24)25/h1-2,8,10-11H,3-7,9H2,(H,20,26)(H,24,25). The minimum absolute atomic E-state index is 0.0185.